The molecule has 0 aliphatic carbocycles. The summed E-state index contributed by atoms with van der Waals surface area (Å²) in [5, 5.41) is 5.53. The Morgan fingerprint density at radius 1 is 1.11 bits per heavy atom. The van der Waals surface area contributed by atoms with Crippen molar-refractivity contribution in [3.8, 4) is 11.5 Å². The Hall–Kier alpha value is -3.72. The van der Waals surface area contributed by atoms with Crippen LogP contribution in [0.5, 0.6) is 11.5 Å². The molecule has 2 aliphatic rings. The van der Waals surface area contributed by atoms with Crippen LogP contribution in [0.1, 0.15) is 44.4 Å². The maximum atomic E-state index is 13.6. The van der Waals surface area contributed by atoms with Gasteiger partial charge in [-0.25, -0.2) is 9.79 Å². The van der Waals surface area contributed by atoms with Crippen LogP contribution < -0.4 is 14.8 Å². The van der Waals surface area contributed by atoms with E-state index in [-0.39, 0.29) is 25.0 Å². The summed E-state index contributed by atoms with van der Waals surface area (Å²) in [4.78, 5) is 33.2. The van der Waals surface area contributed by atoms with Gasteiger partial charge in [0.15, 0.2) is 5.17 Å². The fraction of sp³-hybridized carbons (Fsp3) is 0.321. The summed E-state index contributed by atoms with van der Waals surface area (Å²) in [5.74, 6) is 0.579. The summed E-state index contributed by atoms with van der Waals surface area (Å²) < 4.78 is 16.7. The number of amides is 1. The minimum atomic E-state index is -0.643. The number of rotatable bonds is 9. The Morgan fingerprint density at radius 2 is 1.86 bits per heavy atom. The zero-order valence-electron chi connectivity index (χ0n) is 21.6. The Morgan fingerprint density at radius 3 is 2.51 bits per heavy atom. The Bertz CT molecular complexity index is 1270. The summed E-state index contributed by atoms with van der Waals surface area (Å²) in [7, 11) is 3.16. The first-order valence-corrected chi connectivity index (χ1v) is 13.0. The third-order valence-electron chi connectivity index (χ3n) is 5.88. The Kier molecular flexibility index (Phi) is 8.23. The normalized spacial score (nSPS) is 16.7. The highest BCUT2D eigenvalue weighted by Crippen LogP contribution is 2.49. The number of aliphatic imine (C=N–C) groups is 1. The van der Waals surface area contributed by atoms with Gasteiger partial charge in [0, 0.05) is 28.9 Å². The van der Waals surface area contributed by atoms with Crippen LogP contribution in [0, 0.1) is 0 Å². The molecule has 2 aliphatic heterocycles. The second kappa shape index (κ2) is 11.6. The third kappa shape index (κ3) is 5.51. The smallest absolute Gasteiger partial charge is 0.338 e. The minimum absolute atomic E-state index is 0.00815. The molecular formula is C28H31N3O5S. The van der Waals surface area contributed by atoms with Crippen LogP contribution in [0.25, 0.3) is 5.70 Å². The van der Waals surface area contributed by atoms with Crippen molar-refractivity contribution in [2.45, 2.75) is 39.3 Å². The van der Waals surface area contributed by atoms with E-state index in [4.69, 9.17) is 19.2 Å². The fourth-order valence-electron chi connectivity index (χ4n) is 4.36. The number of hydrogen-bond donors (Lipinski definition) is 1. The molecule has 1 N–H and O–H groups in total. The molecule has 9 heteroatoms. The van der Waals surface area contributed by atoms with Gasteiger partial charge in [-0.05, 0) is 38.3 Å². The monoisotopic (exact) mass is 521 g/mol. The van der Waals surface area contributed by atoms with Crippen LogP contribution in [-0.4, -0.2) is 48.8 Å². The van der Waals surface area contributed by atoms with E-state index in [2.05, 4.69) is 5.32 Å². The van der Waals surface area contributed by atoms with Crippen LogP contribution >= 0.6 is 11.8 Å². The lowest BCUT2D eigenvalue weighted by atomic mass is 9.90. The van der Waals surface area contributed by atoms with E-state index in [1.165, 1.54) is 11.8 Å². The van der Waals surface area contributed by atoms with Crippen LogP contribution in [0.2, 0.25) is 0 Å². The molecule has 8 nitrogen and oxygen atoms in total. The summed E-state index contributed by atoms with van der Waals surface area (Å²) in [6.45, 7) is 5.82. The number of amidine groups is 1. The molecule has 0 spiro atoms. The minimum Gasteiger partial charge on any atom is -0.497 e. The molecule has 1 atom stereocenters. The molecule has 0 fully saturated rings. The number of fused-ring (bicyclic) bond motifs is 1. The molecule has 2 aromatic carbocycles. The van der Waals surface area contributed by atoms with Gasteiger partial charge in [0.25, 0.3) is 0 Å². The van der Waals surface area contributed by atoms with Crippen molar-refractivity contribution in [3.05, 3.63) is 76.3 Å². The number of hydrogen-bond acceptors (Lipinski definition) is 8. The maximum Gasteiger partial charge on any atom is 0.338 e. The zero-order valence-corrected chi connectivity index (χ0v) is 22.4. The van der Waals surface area contributed by atoms with E-state index in [0.29, 0.717) is 27.9 Å². The van der Waals surface area contributed by atoms with Crippen LogP contribution in [0.4, 0.5) is 0 Å². The van der Waals surface area contributed by atoms with Crippen molar-refractivity contribution in [1.82, 2.24) is 10.2 Å². The van der Waals surface area contributed by atoms with Crippen LogP contribution in [-0.2, 0) is 14.3 Å². The molecule has 0 saturated heterocycles. The van der Waals surface area contributed by atoms with Gasteiger partial charge in [-0.2, -0.15) is 0 Å². The molecule has 0 radical (unpaired) electrons. The number of methoxy groups -OCH3 is 2. The molecule has 1 amide bonds. The predicted octanol–water partition coefficient (Wildman–Crippen LogP) is 4.89. The van der Waals surface area contributed by atoms with Crippen LogP contribution in [0.3, 0.4) is 0 Å². The third-order valence-corrected chi connectivity index (χ3v) is 6.77. The molecule has 194 valence electrons. The highest BCUT2D eigenvalue weighted by Gasteiger charge is 2.43. The van der Waals surface area contributed by atoms with E-state index in [1.54, 1.807) is 27.2 Å². The van der Waals surface area contributed by atoms with E-state index < -0.39 is 12.0 Å². The lowest BCUT2D eigenvalue weighted by Gasteiger charge is -2.37. The van der Waals surface area contributed by atoms with Crippen molar-refractivity contribution in [2.75, 3.05) is 20.8 Å². The van der Waals surface area contributed by atoms with Gasteiger partial charge >= 0.3 is 5.97 Å². The second-order valence-corrected chi connectivity index (χ2v) is 9.59. The molecular weight excluding hydrogens is 490 g/mol. The van der Waals surface area contributed by atoms with Gasteiger partial charge in [-0.3, -0.25) is 4.79 Å². The predicted molar refractivity (Wildman–Crippen MR) is 145 cm³/mol. The number of nitrogens with one attached hydrogen (secondary N) is 1. The lowest BCUT2D eigenvalue weighted by molar-refractivity contribution is -0.139. The number of esters is 1. The van der Waals surface area contributed by atoms with Crippen molar-refractivity contribution < 1.29 is 23.8 Å². The highest BCUT2D eigenvalue weighted by molar-refractivity contribution is 8.16. The van der Waals surface area contributed by atoms with Crippen molar-refractivity contribution in [1.29, 1.82) is 0 Å². The Balaban J connectivity index is 1.93. The molecule has 0 saturated carbocycles. The van der Waals surface area contributed by atoms with Crippen molar-refractivity contribution in [2.24, 2.45) is 4.99 Å². The number of ether oxygens (including phenoxy) is 3. The molecule has 2 aromatic rings. The van der Waals surface area contributed by atoms with Gasteiger partial charge < -0.3 is 24.4 Å². The average Bonchev–Trinajstić information content (AvgIpc) is 3.29. The molecule has 0 aromatic heterocycles. The van der Waals surface area contributed by atoms with Gasteiger partial charge in [0.2, 0.25) is 5.91 Å². The molecule has 0 unspecified atom stereocenters. The first-order valence-electron chi connectivity index (χ1n) is 12.1. The number of thioether (sulfide) groups is 1. The van der Waals surface area contributed by atoms with E-state index in [0.717, 1.165) is 16.8 Å². The largest absolute Gasteiger partial charge is 0.497 e. The van der Waals surface area contributed by atoms with Gasteiger partial charge in [0.05, 0.1) is 44.6 Å². The van der Waals surface area contributed by atoms with E-state index >= 15 is 0 Å². The first-order chi connectivity index (χ1) is 17.9. The summed E-state index contributed by atoms with van der Waals surface area (Å²) >= 11 is 1.42. The van der Waals surface area contributed by atoms with Crippen LogP contribution in [0.15, 0.2) is 70.2 Å². The molecule has 37 heavy (non-hydrogen) atoms. The molecule has 2 heterocycles. The first kappa shape index (κ1) is 26.3. The lowest BCUT2D eigenvalue weighted by Crippen LogP contribution is -2.39. The topological polar surface area (TPSA) is 89.5 Å². The summed E-state index contributed by atoms with van der Waals surface area (Å²) in [6, 6.07) is 14.4. The summed E-state index contributed by atoms with van der Waals surface area (Å²) in [5.41, 5.74) is 3.16. The standard InChI is InChI=1S/C28H31N3O5S/c1-6-36-27(33)24-25(18-10-8-7-9-11-18)30-28-31(19(16-37-28)14-23(32)29-17(2)3)26(24)21-13-12-20(34-4)15-22(21)35-5/h7-13,15-17,26H,6,14H2,1-5H3,(H,29,32)/t26-/m1/s1. The van der Waals surface area contributed by atoms with E-state index in [9.17, 15) is 9.59 Å². The quantitative estimate of drug-likeness (QED) is 0.470. The fourth-order valence-corrected chi connectivity index (χ4v) is 5.28. The van der Waals surface area contributed by atoms with Crippen molar-refractivity contribution in [3.63, 3.8) is 0 Å². The number of carbonyl (C=O) groups excluding carboxylic acids is 2. The molecule has 4 rings (SSSR count). The van der Waals surface area contributed by atoms with E-state index in [1.807, 2.05) is 66.6 Å². The van der Waals surface area contributed by atoms with Gasteiger partial charge in [-0.15, -0.1) is 0 Å². The van der Waals surface area contributed by atoms with Gasteiger partial charge in [-0.1, -0.05) is 42.1 Å². The van der Waals surface area contributed by atoms with Gasteiger partial charge in [0.1, 0.15) is 11.5 Å². The average molecular weight is 522 g/mol. The number of carbonyl (C=O) groups is 2. The second-order valence-electron chi connectivity index (χ2n) is 8.75. The Labute approximate surface area is 221 Å². The zero-order chi connectivity index (χ0) is 26.5. The summed E-state index contributed by atoms with van der Waals surface area (Å²) in [6.07, 6.45) is 0.135. The SMILES string of the molecule is CCOC(=O)C1=C(c2ccccc2)N=C2SC=C(CC(=O)NC(C)C)N2[C@@H]1c1ccc(OC)cc1OC. The number of benzene rings is 2. The maximum absolute atomic E-state index is 13.6. The number of nitrogens with zero attached hydrogens (tertiary/aromatic N) is 2. The van der Waals surface area contributed by atoms with Crippen molar-refractivity contribution >= 4 is 34.5 Å². The molecule has 0 bridgehead atoms. The highest BCUT2D eigenvalue weighted by atomic mass is 32.2.